The molecular formula is C23H46N2O4S3. The molecule has 6 nitrogen and oxygen atoms in total. The third-order valence-corrected chi connectivity index (χ3v) is 9.52. The number of ether oxygens (including phenoxy) is 1. The first-order valence-corrected chi connectivity index (χ1v) is 15.5. The summed E-state index contributed by atoms with van der Waals surface area (Å²) >= 11 is 5.27. The Hall–Kier alpha value is -0.770. The number of aliphatic carboxylic acids is 1. The smallest absolute Gasteiger partial charge is 0.327 e. The zero-order valence-electron chi connectivity index (χ0n) is 21.5. The summed E-state index contributed by atoms with van der Waals surface area (Å²) in [6.45, 7) is 15.0. The second-order valence-corrected chi connectivity index (χ2v) is 15.2. The van der Waals surface area contributed by atoms with Gasteiger partial charge in [0.05, 0.1) is 5.01 Å². The number of carboxylic acid groups (broad SMARTS) is 1. The van der Waals surface area contributed by atoms with Gasteiger partial charge in [0, 0.05) is 24.3 Å². The Labute approximate surface area is 207 Å². The van der Waals surface area contributed by atoms with Crippen LogP contribution in [0.3, 0.4) is 0 Å². The van der Waals surface area contributed by atoms with Crippen molar-refractivity contribution in [3.8, 4) is 0 Å². The lowest BCUT2D eigenvalue weighted by Crippen LogP contribution is -2.42. The van der Waals surface area contributed by atoms with Crippen molar-refractivity contribution >= 4 is 45.9 Å². The van der Waals surface area contributed by atoms with E-state index in [1.165, 1.54) is 11.3 Å². The molecule has 1 heterocycles. The molecule has 1 rings (SSSR count). The third kappa shape index (κ3) is 15.9. The molecule has 190 valence electrons. The lowest BCUT2D eigenvalue weighted by Gasteiger charge is -2.40. The highest BCUT2D eigenvalue weighted by Gasteiger charge is 2.22. The number of thiol groups is 1. The fourth-order valence-electron chi connectivity index (χ4n) is 1.55. The maximum absolute atomic E-state index is 11.7. The summed E-state index contributed by atoms with van der Waals surface area (Å²) < 4.78 is 5.65. The second kappa shape index (κ2) is 17.7. The molecule has 1 unspecified atom stereocenters. The number of rotatable bonds is 10. The summed E-state index contributed by atoms with van der Waals surface area (Å²) in [6.07, 6.45) is 11.1. The Kier molecular flexibility index (Phi) is 18.4. The van der Waals surface area contributed by atoms with Crippen molar-refractivity contribution in [1.29, 1.82) is 0 Å². The van der Waals surface area contributed by atoms with Crippen LogP contribution in [-0.2, 0) is 16.0 Å². The number of thiazole rings is 1. The van der Waals surface area contributed by atoms with E-state index in [0.717, 1.165) is 43.9 Å². The molecule has 0 aliphatic carbocycles. The van der Waals surface area contributed by atoms with E-state index in [-0.39, 0.29) is 21.5 Å². The molecule has 0 radical (unpaired) electrons. The van der Waals surface area contributed by atoms with Gasteiger partial charge in [-0.2, -0.15) is 12.6 Å². The molecule has 2 N–H and O–H groups in total. The fourth-order valence-corrected chi connectivity index (χ4v) is 2.68. The highest BCUT2D eigenvalue weighted by atomic mass is 32.3. The van der Waals surface area contributed by atoms with Crippen LogP contribution in [0.25, 0.3) is 0 Å². The van der Waals surface area contributed by atoms with E-state index < -0.39 is 17.9 Å². The quantitative estimate of drug-likeness (QED) is 0.285. The van der Waals surface area contributed by atoms with Gasteiger partial charge in [-0.1, -0.05) is 41.5 Å². The molecule has 0 saturated heterocycles. The van der Waals surface area contributed by atoms with Gasteiger partial charge < -0.3 is 15.2 Å². The Morgan fingerprint density at radius 3 is 2.00 bits per heavy atom. The molecule has 0 aromatic carbocycles. The molecule has 0 aliphatic rings. The molecule has 0 spiro atoms. The largest absolute Gasteiger partial charge is 0.480 e. The standard InChI is InChI=1S/C10H14N2O3S2.C7H18S.C6H14O/c1-2-3-8-11-7(5-17-8)9(13)12-6(4-16)10(14)15;1-7(2,3)8(4,5)6;1-3-5-7-6-4-2/h5-6,16H,2-4H2,1H3,(H,12,13)(H,14,15);1-6H3;3-6H2,1-2H3. The van der Waals surface area contributed by atoms with Crippen molar-refractivity contribution in [1.82, 2.24) is 10.3 Å². The normalized spacial score (nSPS) is 12.6. The molecule has 1 aromatic rings. The van der Waals surface area contributed by atoms with Gasteiger partial charge in [-0.25, -0.2) is 19.8 Å². The van der Waals surface area contributed by atoms with E-state index in [1.807, 2.05) is 6.92 Å². The number of carboxylic acids is 1. The molecule has 0 saturated carbocycles. The minimum atomic E-state index is -1.10. The summed E-state index contributed by atoms with van der Waals surface area (Å²) in [5.74, 6) is -1.52. The van der Waals surface area contributed by atoms with Crippen molar-refractivity contribution in [2.24, 2.45) is 0 Å². The van der Waals surface area contributed by atoms with Gasteiger partial charge >= 0.3 is 5.97 Å². The first-order valence-electron chi connectivity index (χ1n) is 11.1. The van der Waals surface area contributed by atoms with E-state index in [9.17, 15) is 9.59 Å². The van der Waals surface area contributed by atoms with E-state index in [4.69, 9.17) is 9.84 Å². The van der Waals surface area contributed by atoms with Gasteiger partial charge in [0.25, 0.3) is 5.91 Å². The van der Waals surface area contributed by atoms with Crippen molar-refractivity contribution in [3.63, 3.8) is 0 Å². The topological polar surface area (TPSA) is 88.5 Å². The number of nitrogens with zero attached hydrogens (tertiary/aromatic N) is 1. The second-order valence-electron chi connectivity index (χ2n) is 8.99. The number of nitrogens with one attached hydrogen (secondary N) is 1. The van der Waals surface area contributed by atoms with Gasteiger partial charge in [0.1, 0.15) is 11.7 Å². The predicted octanol–water partition coefficient (Wildman–Crippen LogP) is 5.51. The van der Waals surface area contributed by atoms with Crippen LogP contribution < -0.4 is 5.32 Å². The monoisotopic (exact) mass is 510 g/mol. The maximum atomic E-state index is 11.7. The van der Waals surface area contributed by atoms with Crippen molar-refractivity contribution in [3.05, 3.63) is 16.1 Å². The Morgan fingerprint density at radius 2 is 1.66 bits per heavy atom. The Balaban J connectivity index is 0. The number of hydrogen-bond acceptors (Lipinski definition) is 6. The summed E-state index contributed by atoms with van der Waals surface area (Å²) in [6, 6.07) is -0.984. The highest BCUT2D eigenvalue weighted by Crippen LogP contribution is 2.48. The van der Waals surface area contributed by atoms with Crippen LogP contribution >= 0.6 is 34.0 Å². The van der Waals surface area contributed by atoms with Crippen LogP contribution in [0.5, 0.6) is 0 Å². The van der Waals surface area contributed by atoms with Gasteiger partial charge in [0.15, 0.2) is 0 Å². The molecule has 0 aliphatic heterocycles. The number of amides is 1. The molecule has 1 aromatic heterocycles. The average Bonchev–Trinajstić information content (AvgIpc) is 3.15. The summed E-state index contributed by atoms with van der Waals surface area (Å²) in [7, 11) is -0.340. The van der Waals surface area contributed by atoms with Crippen LogP contribution in [-0.4, -0.2) is 70.5 Å². The van der Waals surface area contributed by atoms with E-state index >= 15 is 0 Å². The van der Waals surface area contributed by atoms with Gasteiger partial charge in [-0.05, 0) is 49.2 Å². The van der Waals surface area contributed by atoms with Crippen molar-refractivity contribution in [2.45, 2.75) is 78.0 Å². The molecule has 9 heteroatoms. The minimum absolute atomic E-state index is 0.0486. The highest BCUT2D eigenvalue weighted by molar-refractivity contribution is 8.33. The predicted molar refractivity (Wildman–Crippen MR) is 145 cm³/mol. The van der Waals surface area contributed by atoms with Crippen molar-refractivity contribution < 1.29 is 19.4 Å². The Morgan fingerprint density at radius 1 is 1.16 bits per heavy atom. The number of carbonyl (C=O) groups excluding carboxylic acids is 1. The van der Waals surface area contributed by atoms with Crippen LogP contribution in [0.2, 0.25) is 0 Å². The molecular weight excluding hydrogens is 464 g/mol. The SMILES string of the molecule is CC(C)(C)S(C)(C)C.CCCOCCC.CCCc1nc(C(=O)NC(CS)C(=O)O)cs1. The minimum Gasteiger partial charge on any atom is -0.480 e. The first-order chi connectivity index (χ1) is 14.7. The molecule has 0 fully saturated rings. The summed E-state index contributed by atoms with van der Waals surface area (Å²) in [5.41, 5.74) is 0.270. The lowest BCUT2D eigenvalue weighted by atomic mass is 10.3. The van der Waals surface area contributed by atoms with Crippen LogP contribution in [0.1, 0.15) is 76.3 Å². The van der Waals surface area contributed by atoms with E-state index in [2.05, 4.69) is 76.3 Å². The van der Waals surface area contributed by atoms with Gasteiger partial charge in [-0.3, -0.25) is 4.79 Å². The zero-order valence-corrected chi connectivity index (χ0v) is 24.0. The van der Waals surface area contributed by atoms with E-state index in [0.29, 0.717) is 4.75 Å². The average molecular weight is 511 g/mol. The van der Waals surface area contributed by atoms with Crippen LogP contribution in [0.4, 0.5) is 0 Å². The Bertz CT molecular complexity index is 622. The molecule has 1 amide bonds. The summed E-state index contributed by atoms with van der Waals surface area (Å²) in [5, 5.41) is 13.7. The first kappa shape index (κ1) is 33.4. The maximum Gasteiger partial charge on any atom is 0.327 e. The van der Waals surface area contributed by atoms with Crippen LogP contribution in [0, 0.1) is 0 Å². The van der Waals surface area contributed by atoms with Crippen molar-refractivity contribution in [2.75, 3.05) is 37.7 Å². The summed E-state index contributed by atoms with van der Waals surface area (Å²) in [4.78, 5) is 26.5. The number of aryl methyl sites for hydroxylation is 1. The molecule has 32 heavy (non-hydrogen) atoms. The molecule has 0 bridgehead atoms. The number of hydrogen-bond donors (Lipinski definition) is 3. The van der Waals surface area contributed by atoms with E-state index in [1.54, 1.807) is 5.38 Å². The molecule has 1 atom stereocenters. The lowest BCUT2D eigenvalue weighted by molar-refractivity contribution is -0.138. The van der Waals surface area contributed by atoms with Crippen LogP contribution in [0.15, 0.2) is 5.38 Å². The number of aromatic nitrogens is 1. The van der Waals surface area contributed by atoms with Gasteiger partial charge in [0.2, 0.25) is 0 Å². The van der Waals surface area contributed by atoms with Gasteiger partial charge in [-0.15, -0.1) is 11.3 Å². The number of carbonyl (C=O) groups is 2. The zero-order chi connectivity index (χ0) is 25.4. The fraction of sp³-hybridized carbons (Fsp3) is 0.783. The third-order valence-electron chi connectivity index (χ3n) is 4.57.